The summed E-state index contributed by atoms with van der Waals surface area (Å²) in [5, 5.41) is 4.17. The van der Waals surface area contributed by atoms with Crippen LogP contribution in [0.1, 0.15) is 37.0 Å². The van der Waals surface area contributed by atoms with Crippen LogP contribution in [-0.2, 0) is 33.8 Å². The molecule has 8 nitrogen and oxygen atoms in total. The van der Waals surface area contributed by atoms with Gasteiger partial charge in [-0.1, -0.05) is 48.5 Å². The minimum Gasteiger partial charge on any atom is -0.496 e. The topological polar surface area (TPSA) is 101 Å². The molecule has 1 atom stereocenters. The molecule has 1 heterocycles. The van der Waals surface area contributed by atoms with Crippen molar-refractivity contribution in [2.24, 2.45) is 0 Å². The number of hydrogen-bond donors (Lipinski definition) is 2. The molecule has 0 bridgehead atoms. The van der Waals surface area contributed by atoms with Gasteiger partial charge in [0.15, 0.2) is 6.61 Å². The Labute approximate surface area is 240 Å². The zero-order valence-corrected chi connectivity index (χ0v) is 23.8. The molecule has 3 aromatic carbocycles. The number of carbonyl (C=O) groups excluding carboxylic acids is 3. The lowest BCUT2D eigenvalue weighted by molar-refractivity contribution is -0.131. The fourth-order valence-corrected chi connectivity index (χ4v) is 4.83. The number of aromatic nitrogens is 1. The standard InChI is InChI=1S/C33H37N3O5/c1-23(37)12-13-25-14-16-29(17-15-25)41-22-33(39)35-28(18-27-19-34-31-10-6-5-9-30(27)31)21-36(24(2)38)20-26-8-4-7-11-32(26)40-3/h4-11,14-17,19,28,34H,12-13,18,20-22H2,1-3H3,(H,35,39). The third kappa shape index (κ3) is 8.45. The van der Waals surface area contributed by atoms with E-state index in [1.807, 2.05) is 66.9 Å². The monoisotopic (exact) mass is 555 g/mol. The van der Waals surface area contributed by atoms with Gasteiger partial charge in [-0.2, -0.15) is 0 Å². The Morgan fingerprint density at radius 1 is 0.927 bits per heavy atom. The number of aryl methyl sites for hydroxylation is 1. The number of nitrogens with zero attached hydrogens (tertiary/aromatic N) is 1. The van der Waals surface area contributed by atoms with Crippen LogP contribution < -0.4 is 14.8 Å². The number of hydrogen-bond acceptors (Lipinski definition) is 5. The average Bonchev–Trinajstić information content (AvgIpc) is 3.38. The number of nitrogens with one attached hydrogen (secondary N) is 2. The van der Waals surface area contributed by atoms with Crippen LogP contribution >= 0.6 is 0 Å². The smallest absolute Gasteiger partial charge is 0.258 e. The van der Waals surface area contributed by atoms with Gasteiger partial charge in [0, 0.05) is 49.1 Å². The van der Waals surface area contributed by atoms with Gasteiger partial charge in [-0.25, -0.2) is 0 Å². The first-order chi connectivity index (χ1) is 19.8. The first-order valence-electron chi connectivity index (χ1n) is 13.7. The van der Waals surface area contributed by atoms with E-state index >= 15 is 0 Å². The predicted octanol–water partition coefficient (Wildman–Crippen LogP) is 4.85. The van der Waals surface area contributed by atoms with E-state index in [1.165, 1.54) is 6.92 Å². The van der Waals surface area contributed by atoms with E-state index in [0.717, 1.165) is 27.6 Å². The number of amides is 2. The van der Waals surface area contributed by atoms with Crippen LogP contribution in [0.5, 0.6) is 11.5 Å². The van der Waals surface area contributed by atoms with Gasteiger partial charge >= 0.3 is 0 Å². The second-order valence-corrected chi connectivity index (χ2v) is 10.2. The van der Waals surface area contributed by atoms with E-state index in [2.05, 4.69) is 10.3 Å². The van der Waals surface area contributed by atoms with Gasteiger partial charge in [0.25, 0.3) is 5.91 Å². The maximum atomic E-state index is 13.1. The van der Waals surface area contributed by atoms with Crippen molar-refractivity contribution in [1.29, 1.82) is 0 Å². The lowest BCUT2D eigenvalue weighted by Gasteiger charge is -2.28. The highest BCUT2D eigenvalue weighted by Gasteiger charge is 2.22. The largest absolute Gasteiger partial charge is 0.496 e. The first kappa shape index (κ1) is 29.4. The summed E-state index contributed by atoms with van der Waals surface area (Å²) in [6.45, 7) is 3.61. The molecule has 2 N–H and O–H groups in total. The summed E-state index contributed by atoms with van der Waals surface area (Å²) in [5.41, 5.74) is 3.99. The number of Topliss-reactive ketones (excluding diaryl/α,β-unsaturated/α-hetero) is 1. The lowest BCUT2D eigenvalue weighted by atomic mass is 10.0. The third-order valence-corrected chi connectivity index (χ3v) is 7.01. The summed E-state index contributed by atoms with van der Waals surface area (Å²) in [7, 11) is 1.61. The summed E-state index contributed by atoms with van der Waals surface area (Å²) in [6, 6.07) is 22.6. The maximum Gasteiger partial charge on any atom is 0.258 e. The molecule has 0 aliphatic heterocycles. The SMILES string of the molecule is COc1ccccc1CN(CC(Cc1c[nH]c2ccccc12)NC(=O)COc1ccc(CCC(C)=O)cc1)C(C)=O. The Kier molecular flexibility index (Phi) is 10.2. The number of H-pyrrole nitrogens is 1. The predicted molar refractivity (Wildman–Crippen MR) is 159 cm³/mol. The normalized spacial score (nSPS) is 11.6. The summed E-state index contributed by atoms with van der Waals surface area (Å²) in [6.07, 6.45) is 3.64. The van der Waals surface area contributed by atoms with Crippen molar-refractivity contribution in [1.82, 2.24) is 15.2 Å². The first-order valence-corrected chi connectivity index (χ1v) is 13.7. The zero-order valence-electron chi connectivity index (χ0n) is 23.8. The Morgan fingerprint density at radius 2 is 1.66 bits per heavy atom. The van der Waals surface area contributed by atoms with Crippen molar-refractivity contribution in [3.8, 4) is 11.5 Å². The van der Waals surface area contributed by atoms with E-state index < -0.39 is 0 Å². The van der Waals surface area contributed by atoms with Crippen molar-refractivity contribution in [2.45, 2.75) is 45.7 Å². The molecule has 1 unspecified atom stereocenters. The number of methoxy groups -OCH3 is 1. The van der Waals surface area contributed by atoms with Gasteiger partial charge in [-0.15, -0.1) is 0 Å². The summed E-state index contributed by atoms with van der Waals surface area (Å²) in [5.74, 6) is 1.04. The van der Waals surface area contributed by atoms with Crippen LogP contribution in [0.3, 0.4) is 0 Å². The van der Waals surface area contributed by atoms with E-state index in [9.17, 15) is 14.4 Å². The number of fused-ring (bicyclic) bond motifs is 1. The van der Waals surface area contributed by atoms with Crippen LogP contribution in [0, 0.1) is 0 Å². The quantitative estimate of drug-likeness (QED) is 0.232. The highest BCUT2D eigenvalue weighted by molar-refractivity contribution is 5.83. The van der Waals surface area contributed by atoms with Crippen molar-refractivity contribution in [3.05, 3.63) is 95.7 Å². The molecule has 4 aromatic rings. The number of carbonyl (C=O) groups is 3. The fraction of sp³-hybridized carbons (Fsp3) is 0.303. The number of para-hydroxylation sites is 2. The molecule has 2 amide bonds. The van der Waals surface area contributed by atoms with Gasteiger partial charge in [-0.05, 0) is 55.2 Å². The van der Waals surface area contributed by atoms with Crippen LogP contribution in [0.2, 0.25) is 0 Å². The molecule has 214 valence electrons. The third-order valence-electron chi connectivity index (χ3n) is 7.01. The zero-order chi connectivity index (χ0) is 29.2. The fourth-order valence-electron chi connectivity index (χ4n) is 4.83. The van der Waals surface area contributed by atoms with E-state index in [4.69, 9.17) is 9.47 Å². The van der Waals surface area contributed by atoms with Crippen LogP contribution in [-0.4, -0.2) is 53.8 Å². The van der Waals surface area contributed by atoms with Crippen LogP contribution in [0.25, 0.3) is 10.9 Å². The number of benzene rings is 3. The Bertz CT molecular complexity index is 1480. The molecule has 0 fully saturated rings. The van der Waals surface area contributed by atoms with E-state index in [-0.39, 0.29) is 30.2 Å². The second-order valence-electron chi connectivity index (χ2n) is 10.2. The number of ether oxygens (including phenoxy) is 2. The second kappa shape index (κ2) is 14.2. The lowest BCUT2D eigenvalue weighted by Crippen LogP contribution is -2.47. The van der Waals surface area contributed by atoms with Gasteiger partial charge in [0.1, 0.15) is 17.3 Å². The molecule has 0 aliphatic carbocycles. The molecule has 0 saturated heterocycles. The molecule has 41 heavy (non-hydrogen) atoms. The minimum atomic E-state index is -0.363. The Balaban J connectivity index is 1.46. The average molecular weight is 556 g/mol. The van der Waals surface area contributed by atoms with Crippen LogP contribution in [0.4, 0.5) is 0 Å². The van der Waals surface area contributed by atoms with Gasteiger partial charge in [0.05, 0.1) is 13.2 Å². The molecule has 0 aliphatic rings. The number of aromatic amines is 1. The van der Waals surface area contributed by atoms with Gasteiger partial charge in [-0.3, -0.25) is 9.59 Å². The van der Waals surface area contributed by atoms with E-state index in [0.29, 0.717) is 43.9 Å². The van der Waals surface area contributed by atoms with Crippen molar-refractivity contribution >= 4 is 28.5 Å². The summed E-state index contributed by atoms with van der Waals surface area (Å²) >= 11 is 0. The van der Waals surface area contributed by atoms with Crippen molar-refractivity contribution < 1.29 is 23.9 Å². The molecule has 1 aromatic heterocycles. The molecular weight excluding hydrogens is 518 g/mol. The van der Waals surface area contributed by atoms with Crippen molar-refractivity contribution in [2.75, 3.05) is 20.3 Å². The maximum absolute atomic E-state index is 13.1. The molecular formula is C33H37N3O5. The highest BCUT2D eigenvalue weighted by atomic mass is 16.5. The molecule has 0 saturated carbocycles. The molecule has 4 rings (SSSR count). The molecule has 0 spiro atoms. The highest BCUT2D eigenvalue weighted by Crippen LogP contribution is 2.22. The summed E-state index contributed by atoms with van der Waals surface area (Å²) < 4.78 is 11.2. The Hall–Kier alpha value is -4.59. The molecule has 8 heteroatoms. The Morgan fingerprint density at radius 3 is 2.39 bits per heavy atom. The number of ketones is 1. The minimum absolute atomic E-state index is 0.102. The van der Waals surface area contributed by atoms with Gasteiger partial charge in [0.2, 0.25) is 5.91 Å². The van der Waals surface area contributed by atoms with Crippen LogP contribution in [0.15, 0.2) is 79.0 Å². The van der Waals surface area contributed by atoms with Crippen molar-refractivity contribution in [3.63, 3.8) is 0 Å². The number of rotatable bonds is 14. The summed E-state index contributed by atoms with van der Waals surface area (Å²) in [4.78, 5) is 42.0. The molecule has 0 radical (unpaired) electrons. The van der Waals surface area contributed by atoms with E-state index in [1.54, 1.807) is 31.1 Å². The van der Waals surface area contributed by atoms with Gasteiger partial charge < -0.3 is 29.5 Å².